The molecule has 1 N–H and O–H groups in total. The molecule has 0 spiro atoms. The summed E-state index contributed by atoms with van der Waals surface area (Å²) >= 11 is 0. The van der Waals surface area contributed by atoms with Gasteiger partial charge in [-0.3, -0.25) is 13.9 Å². The van der Waals surface area contributed by atoms with E-state index in [4.69, 9.17) is 9.26 Å². The zero-order chi connectivity index (χ0) is 14.9. The zero-order valence-corrected chi connectivity index (χ0v) is 13.4. The molecule has 1 fully saturated rings. The number of nitrogens with zero attached hydrogens (tertiary/aromatic N) is 2. The van der Waals surface area contributed by atoms with Gasteiger partial charge in [-0.2, -0.15) is 0 Å². The Morgan fingerprint density at radius 1 is 1.55 bits per heavy atom. The Morgan fingerprint density at radius 3 is 2.85 bits per heavy atom. The molecule has 2 heterocycles. The van der Waals surface area contributed by atoms with Crippen molar-refractivity contribution in [2.24, 2.45) is 7.05 Å². The lowest BCUT2D eigenvalue weighted by molar-refractivity contribution is -0.0333. The molecule has 1 aromatic rings. The Balaban J connectivity index is 2.42. The van der Waals surface area contributed by atoms with E-state index in [0.29, 0.717) is 6.42 Å². The van der Waals surface area contributed by atoms with E-state index in [2.05, 4.69) is 8.93 Å². The molecule has 0 amide bonds. The standard InChI is InChI=1S/C11H18N2O5P2/c1-3-6-8(15)9(18-20-19)10(17-6)13-5-4-7(14)12(2)11(13)16/h4-6,8-10,15,20H,3,19H2,1-2H3/t6-,8+,9?,10-/m1/s1. The fourth-order valence-electron chi connectivity index (χ4n) is 2.27. The molecule has 1 aliphatic heterocycles. The maximum absolute atomic E-state index is 12.1. The molecule has 20 heavy (non-hydrogen) atoms. The predicted octanol–water partition coefficient (Wildman–Crippen LogP) is -0.0159. The molecule has 9 heteroatoms. The van der Waals surface area contributed by atoms with E-state index in [0.717, 1.165) is 4.57 Å². The first-order valence-corrected chi connectivity index (χ1v) is 8.96. The summed E-state index contributed by atoms with van der Waals surface area (Å²) in [6, 6.07) is 1.29. The first-order valence-electron chi connectivity index (χ1n) is 6.24. The third-order valence-corrected chi connectivity index (χ3v) is 4.23. The van der Waals surface area contributed by atoms with Crippen LogP contribution in [0.2, 0.25) is 0 Å². The Bertz CT molecular complexity index is 587. The van der Waals surface area contributed by atoms with Crippen LogP contribution in [0.3, 0.4) is 0 Å². The van der Waals surface area contributed by atoms with Gasteiger partial charge >= 0.3 is 5.69 Å². The molecule has 0 saturated carbocycles. The van der Waals surface area contributed by atoms with Crippen molar-refractivity contribution in [2.75, 3.05) is 0 Å². The molecule has 0 aromatic carbocycles. The highest BCUT2D eigenvalue weighted by atomic mass is 32.0. The van der Waals surface area contributed by atoms with Crippen LogP contribution in [-0.2, 0) is 16.3 Å². The third-order valence-electron chi connectivity index (χ3n) is 3.41. The number of aromatic nitrogens is 2. The molecule has 2 rings (SSSR count). The molecule has 3 unspecified atom stereocenters. The van der Waals surface area contributed by atoms with Crippen molar-refractivity contribution in [3.05, 3.63) is 33.1 Å². The van der Waals surface area contributed by atoms with Crippen LogP contribution in [0, 0.1) is 0 Å². The second-order valence-corrected chi connectivity index (χ2v) is 5.75. The maximum atomic E-state index is 12.1. The molecular formula is C11H18N2O5P2. The molecule has 7 nitrogen and oxygen atoms in total. The Morgan fingerprint density at radius 2 is 2.25 bits per heavy atom. The number of aliphatic hydroxyl groups excluding tert-OH is 1. The van der Waals surface area contributed by atoms with Gasteiger partial charge in [0.05, 0.1) is 6.10 Å². The van der Waals surface area contributed by atoms with E-state index >= 15 is 0 Å². The van der Waals surface area contributed by atoms with Crippen LogP contribution in [0.25, 0.3) is 0 Å². The number of ether oxygens (including phenoxy) is 1. The normalized spacial score (nSPS) is 30.4. The first-order chi connectivity index (χ1) is 9.51. The smallest absolute Gasteiger partial charge is 0.332 e. The Labute approximate surface area is 119 Å². The highest BCUT2D eigenvalue weighted by Crippen LogP contribution is 2.37. The van der Waals surface area contributed by atoms with Crippen molar-refractivity contribution < 1.29 is 14.4 Å². The van der Waals surface area contributed by atoms with Gasteiger partial charge in [0, 0.05) is 27.8 Å². The van der Waals surface area contributed by atoms with Gasteiger partial charge in [0.15, 0.2) is 6.23 Å². The fraction of sp³-hybridized carbons (Fsp3) is 0.636. The summed E-state index contributed by atoms with van der Waals surface area (Å²) in [7, 11) is 3.91. The van der Waals surface area contributed by atoms with Crippen molar-refractivity contribution in [1.29, 1.82) is 0 Å². The summed E-state index contributed by atoms with van der Waals surface area (Å²) in [5.41, 5.74) is -0.880. The lowest BCUT2D eigenvalue weighted by atomic mass is 10.1. The van der Waals surface area contributed by atoms with Crippen molar-refractivity contribution in [3.63, 3.8) is 0 Å². The molecule has 0 aliphatic carbocycles. The largest absolute Gasteiger partial charge is 0.387 e. The van der Waals surface area contributed by atoms with Gasteiger partial charge in [-0.05, 0) is 6.42 Å². The monoisotopic (exact) mass is 320 g/mol. The van der Waals surface area contributed by atoms with E-state index in [9.17, 15) is 14.7 Å². The molecule has 112 valence electrons. The van der Waals surface area contributed by atoms with E-state index in [1.165, 1.54) is 23.9 Å². The van der Waals surface area contributed by atoms with Crippen LogP contribution >= 0.6 is 17.4 Å². The summed E-state index contributed by atoms with van der Waals surface area (Å²) in [6.45, 7) is 1.89. The minimum absolute atomic E-state index is 0.0841. The highest BCUT2D eigenvalue weighted by Gasteiger charge is 2.45. The van der Waals surface area contributed by atoms with E-state index in [1.807, 2.05) is 6.92 Å². The fourth-order valence-corrected chi connectivity index (χ4v) is 3.15. The predicted molar refractivity (Wildman–Crippen MR) is 79.0 cm³/mol. The van der Waals surface area contributed by atoms with Gasteiger partial charge in [-0.25, -0.2) is 4.79 Å². The second-order valence-electron chi connectivity index (χ2n) is 4.57. The average Bonchev–Trinajstić information content (AvgIpc) is 2.74. The maximum Gasteiger partial charge on any atom is 0.332 e. The quantitative estimate of drug-likeness (QED) is 0.789. The number of aliphatic hydroxyl groups is 1. The van der Waals surface area contributed by atoms with Crippen molar-refractivity contribution in [2.45, 2.75) is 37.9 Å². The van der Waals surface area contributed by atoms with Crippen LogP contribution in [-0.4, -0.2) is 32.6 Å². The average molecular weight is 320 g/mol. The van der Waals surface area contributed by atoms with Crippen LogP contribution < -0.4 is 11.2 Å². The van der Waals surface area contributed by atoms with Gasteiger partial charge in [0.25, 0.3) is 5.56 Å². The number of hydrogen-bond donors (Lipinski definition) is 1. The SMILES string of the molecule is CC[C@H]1O[C@@H](n2ccc(=O)n(C)c2=O)C(OPP)[C@H]1O. The summed E-state index contributed by atoms with van der Waals surface area (Å²) in [6.07, 6.45) is -0.577. The van der Waals surface area contributed by atoms with E-state index in [-0.39, 0.29) is 14.1 Å². The number of hydrogen-bond acceptors (Lipinski definition) is 5. The van der Waals surface area contributed by atoms with Crippen molar-refractivity contribution in [3.8, 4) is 0 Å². The summed E-state index contributed by atoms with van der Waals surface area (Å²) < 4.78 is 13.5. The lowest BCUT2D eigenvalue weighted by Crippen LogP contribution is -2.42. The van der Waals surface area contributed by atoms with Crippen LogP contribution in [0.15, 0.2) is 21.9 Å². The molecule has 0 radical (unpaired) electrons. The first kappa shape index (κ1) is 15.8. The molecule has 1 saturated heterocycles. The van der Waals surface area contributed by atoms with Crippen LogP contribution in [0.1, 0.15) is 19.6 Å². The molecule has 1 aromatic heterocycles. The molecule has 1 aliphatic rings. The zero-order valence-electron chi connectivity index (χ0n) is 11.2. The topological polar surface area (TPSA) is 82.7 Å². The molecule has 0 bridgehead atoms. The minimum atomic E-state index is -0.804. The Kier molecular flexibility index (Phi) is 5.10. The van der Waals surface area contributed by atoms with Gasteiger partial charge in [-0.15, -0.1) is 0 Å². The van der Waals surface area contributed by atoms with Gasteiger partial charge in [0.2, 0.25) is 0 Å². The van der Waals surface area contributed by atoms with E-state index < -0.39 is 30.2 Å². The highest BCUT2D eigenvalue weighted by molar-refractivity contribution is 8.00. The second kappa shape index (κ2) is 6.46. The van der Waals surface area contributed by atoms with Gasteiger partial charge in [-0.1, -0.05) is 15.9 Å². The molecule has 6 atom stereocenters. The van der Waals surface area contributed by atoms with Crippen molar-refractivity contribution >= 4 is 17.4 Å². The summed E-state index contributed by atoms with van der Waals surface area (Å²) in [4.78, 5) is 23.6. The molecular weight excluding hydrogens is 302 g/mol. The van der Waals surface area contributed by atoms with Crippen molar-refractivity contribution in [1.82, 2.24) is 9.13 Å². The third kappa shape index (κ3) is 2.74. The Hall–Kier alpha value is -0.580. The number of rotatable bonds is 4. The summed E-state index contributed by atoms with van der Waals surface area (Å²) in [5, 5.41) is 10.2. The van der Waals surface area contributed by atoms with Gasteiger partial charge < -0.3 is 14.4 Å². The van der Waals surface area contributed by atoms with Crippen LogP contribution in [0.4, 0.5) is 0 Å². The van der Waals surface area contributed by atoms with Crippen LogP contribution in [0.5, 0.6) is 0 Å². The lowest BCUT2D eigenvalue weighted by Gasteiger charge is -2.21. The van der Waals surface area contributed by atoms with Gasteiger partial charge in [0.1, 0.15) is 12.2 Å². The minimum Gasteiger partial charge on any atom is -0.387 e. The van der Waals surface area contributed by atoms with E-state index in [1.54, 1.807) is 0 Å². The summed E-state index contributed by atoms with van der Waals surface area (Å²) in [5.74, 6) is 0.